The number of carbonyl (C=O) groups is 2. The Morgan fingerprint density at radius 1 is 1.18 bits per heavy atom. The molecular formula is C26H24N2O4S. The van der Waals surface area contributed by atoms with Crippen molar-refractivity contribution in [1.82, 2.24) is 4.98 Å². The van der Waals surface area contributed by atoms with E-state index in [1.807, 2.05) is 54.6 Å². The third kappa shape index (κ3) is 4.88. The van der Waals surface area contributed by atoms with E-state index in [2.05, 4.69) is 11.9 Å². The van der Waals surface area contributed by atoms with E-state index < -0.39 is 23.5 Å². The Kier molecular flexibility index (Phi) is 7.00. The van der Waals surface area contributed by atoms with Crippen LogP contribution in [0.3, 0.4) is 0 Å². The van der Waals surface area contributed by atoms with Crippen molar-refractivity contribution in [2.45, 2.75) is 25.8 Å². The lowest BCUT2D eigenvalue weighted by atomic mass is 9.95. The largest absolute Gasteiger partial charge is 0.503 e. The lowest BCUT2D eigenvalue weighted by molar-refractivity contribution is -0.117. The molecule has 4 rings (SSSR count). The number of hydrogen-bond acceptors (Lipinski definition) is 6. The number of ketones is 1. The molecule has 1 N–H and O–H groups in total. The van der Waals surface area contributed by atoms with E-state index in [0.29, 0.717) is 23.1 Å². The topological polar surface area (TPSA) is 79.7 Å². The van der Waals surface area contributed by atoms with Crippen molar-refractivity contribution >= 4 is 34.2 Å². The molecule has 7 heteroatoms. The highest BCUT2D eigenvalue weighted by molar-refractivity contribution is 7.13. The fourth-order valence-electron chi connectivity index (χ4n) is 3.61. The molecule has 0 saturated heterocycles. The van der Waals surface area contributed by atoms with Gasteiger partial charge in [-0.2, -0.15) is 0 Å². The van der Waals surface area contributed by atoms with Crippen LogP contribution in [0.2, 0.25) is 0 Å². The standard InChI is InChI=1S/C26H24N2O4S/c1-2-3-16-32-20-12-10-19(11-13-20)23-22(21(29)14-9-18-7-5-4-6-8-18)24(30)25(31)28(23)26-27-15-17-33-26/h4-15,17,23,30H,2-3,16H2,1H3/b14-9+. The molecule has 33 heavy (non-hydrogen) atoms. The van der Waals surface area contributed by atoms with E-state index in [-0.39, 0.29) is 5.57 Å². The molecule has 0 fully saturated rings. The summed E-state index contributed by atoms with van der Waals surface area (Å²) in [5, 5.41) is 12.9. The number of allylic oxidation sites excluding steroid dienone is 1. The number of nitrogens with zero attached hydrogens (tertiary/aromatic N) is 2. The lowest BCUT2D eigenvalue weighted by Gasteiger charge is -2.24. The van der Waals surface area contributed by atoms with Crippen LogP contribution in [0.4, 0.5) is 5.13 Å². The van der Waals surface area contributed by atoms with E-state index in [1.165, 1.54) is 22.3 Å². The Morgan fingerprint density at radius 2 is 1.94 bits per heavy atom. The Labute approximate surface area is 196 Å². The number of unbranched alkanes of at least 4 members (excludes halogenated alkanes) is 1. The van der Waals surface area contributed by atoms with Crippen LogP contribution < -0.4 is 9.64 Å². The summed E-state index contributed by atoms with van der Waals surface area (Å²) in [6.45, 7) is 2.72. The number of carbonyl (C=O) groups excluding carboxylic acids is 2. The number of aliphatic hydroxyl groups is 1. The predicted molar refractivity (Wildman–Crippen MR) is 129 cm³/mol. The van der Waals surface area contributed by atoms with Gasteiger partial charge < -0.3 is 9.84 Å². The van der Waals surface area contributed by atoms with Crippen molar-refractivity contribution in [1.29, 1.82) is 0 Å². The molecule has 1 aromatic heterocycles. The van der Waals surface area contributed by atoms with E-state index >= 15 is 0 Å². The van der Waals surface area contributed by atoms with E-state index in [1.54, 1.807) is 17.7 Å². The molecule has 1 atom stereocenters. The number of rotatable bonds is 9. The quantitative estimate of drug-likeness (QED) is 0.337. The molecule has 1 amide bonds. The number of anilines is 1. The molecule has 0 saturated carbocycles. The zero-order valence-electron chi connectivity index (χ0n) is 18.2. The van der Waals surface area contributed by atoms with Crippen molar-refractivity contribution in [2.24, 2.45) is 0 Å². The summed E-state index contributed by atoms with van der Waals surface area (Å²) in [6.07, 6.45) is 6.63. The van der Waals surface area contributed by atoms with Crippen molar-refractivity contribution in [2.75, 3.05) is 11.5 Å². The molecular weight excluding hydrogens is 436 g/mol. The van der Waals surface area contributed by atoms with E-state index in [9.17, 15) is 14.7 Å². The fraction of sp³-hybridized carbons (Fsp3) is 0.192. The Morgan fingerprint density at radius 3 is 2.61 bits per heavy atom. The summed E-state index contributed by atoms with van der Waals surface area (Å²) in [4.78, 5) is 31.8. The van der Waals surface area contributed by atoms with E-state index in [4.69, 9.17) is 4.74 Å². The maximum atomic E-state index is 13.2. The maximum absolute atomic E-state index is 13.2. The SMILES string of the molecule is CCCCOc1ccc(C2C(C(=O)/C=C/c3ccccc3)=C(O)C(=O)N2c2nccs2)cc1. The van der Waals surface area contributed by atoms with Crippen LogP contribution in [0.5, 0.6) is 5.75 Å². The summed E-state index contributed by atoms with van der Waals surface area (Å²) >= 11 is 1.27. The minimum absolute atomic E-state index is 0.0297. The first-order valence-electron chi connectivity index (χ1n) is 10.8. The zero-order chi connectivity index (χ0) is 23.2. The molecule has 0 radical (unpaired) electrons. The lowest BCUT2D eigenvalue weighted by Crippen LogP contribution is -2.30. The van der Waals surface area contributed by atoms with Gasteiger partial charge in [-0.25, -0.2) is 4.98 Å². The van der Waals surface area contributed by atoms with Crippen LogP contribution in [0.15, 0.2) is 83.6 Å². The van der Waals surface area contributed by atoms with Crippen LogP contribution in [0, 0.1) is 0 Å². The van der Waals surface area contributed by atoms with Gasteiger partial charge in [0.05, 0.1) is 18.2 Å². The molecule has 2 aromatic carbocycles. The summed E-state index contributed by atoms with van der Waals surface area (Å²) < 4.78 is 5.74. The Bertz CT molecular complexity index is 1170. The highest BCUT2D eigenvalue weighted by Gasteiger charge is 2.44. The number of aromatic nitrogens is 1. The van der Waals surface area contributed by atoms with Crippen LogP contribution in [0.1, 0.15) is 36.9 Å². The molecule has 1 aliphatic heterocycles. The van der Waals surface area contributed by atoms with Crippen molar-refractivity contribution in [3.05, 3.63) is 94.7 Å². The van der Waals surface area contributed by atoms with Gasteiger partial charge in [0.25, 0.3) is 5.91 Å². The van der Waals surface area contributed by atoms with Crippen LogP contribution in [-0.4, -0.2) is 28.4 Å². The molecule has 0 aliphatic carbocycles. The molecule has 3 aromatic rings. The Hall–Kier alpha value is -3.71. The van der Waals surface area contributed by atoms with Gasteiger partial charge in [-0.05, 0) is 35.8 Å². The number of amides is 1. The van der Waals surface area contributed by atoms with Gasteiger partial charge >= 0.3 is 0 Å². The highest BCUT2D eigenvalue weighted by atomic mass is 32.1. The van der Waals surface area contributed by atoms with Crippen LogP contribution in [0.25, 0.3) is 6.08 Å². The first-order valence-corrected chi connectivity index (χ1v) is 11.6. The molecule has 1 aliphatic rings. The van der Waals surface area contributed by atoms with Gasteiger partial charge in [-0.3, -0.25) is 14.5 Å². The molecule has 2 heterocycles. The van der Waals surface area contributed by atoms with Crippen molar-refractivity contribution < 1.29 is 19.4 Å². The molecule has 1 unspecified atom stereocenters. The first-order chi connectivity index (χ1) is 16.1. The second-order valence-corrected chi connectivity index (χ2v) is 8.41. The number of hydrogen-bond donors (Lipinski definition) is 1. The predicted octanol–water partition coefficient (Wildman–Crippen LogP) is 5.50. The number of ether oxygens (including phenoxy) is 1. The second kappa shape index (κ2) is 10.3. The maximum Gasteiger partial charge on any atom is 0.296 e. The summed E-state index contributed by atoms with van der Waals surface area (Å²) in [6, 6.07) is 15.8. The van der Waals surface area contributed by atoms with Crippen LogP contribution >= 0.6 is 11.3 Å². The fourth-order valence-corrected chi connectivity index (χ4v) is 4.28. The minimum atomic E-state index is -0.790. The molecule has 168 valence electrons. The smallest absolute Gasteiger partial charge is 0.296 e. The average Bonchev–Trinajstić information content (AvgIpc) is 3.46. The Balaban J connectivity index is 1.68. The van der Waals surface area contributed by atoms with Gasteiger partial charge in [-0.1, -0.05) is 61.9 Å². The highest BCUT2D eigenvalue weighted by Crippen LogP contribution is 2.42. The van der Waals surface area contributed by atoms with E-state index in [0.717, 1.165) is 18.4 Å². The number of thiazole rings is 1. The molecule has 0 spiro atoms. The first kappa shape index (κ1) is 22.5. The molecule has 0 bridgehead atoms. The van der Waals surface area contributed by atoms with Gasteiger partial charge in [0.2, 0.25) is 0 Å². The average molecular weight is 461 g/mol. The molecule has 6 nitrogen and oxygen atoms in total. The van der Waals surface area contributed by atoms with Crippen molar-refractivity contribution in [3.8, 4) is 5.75 Å². The van der Waals surface area contributed by atoms with Crippen LogP contribution in [-0.2, 0) is 9.59 Å². The second-order valence-electron chi connectivity index (χ2n) is 7.53. The third-order valence-electron chi connectivity index (χ3n) is 5.29. The summed E-state index contributed by atoms with van der Waals surface area (Å²) in [7, 11) is 0. The van der Waals surface area contributed by atoms with Gasteiger partial charge in [0.1, 0.15) is 5.75 Å². The summed E-state index contributed by atoms with van der Waals surface area (Å²) in [5.41, 5.74) is 1.56. The third-order valence-corrected chi connectivity index (χ3v) is 6.06. The zero-order valence-corrected chi connectivity index (χ0v) is 19.0. The number of aliphatic hydroxyl groups excluding tert-OH is 1. The van der Waals surface area contributed by atoms with Gasteiger partial charge in [0, 0.05) is 11.6 Å². The summed E-state index contributed by atoms with van der Waals surface area (Å²) in [5.74, 6) is -0.921. The van der Waals surface area contributed by atoms with Crippen molar-refractivity contribution in [3.63, 3.8) is 0 Å². The van der Waals surface area contributed by atoms with Gasteiger partial charge in [0.15, 0.2) is 16.7 Å². The van der Waals surface area contributed by atoms with Gasteiger partial charge in [-0.15, -0.1) is 11.3 Å². The normalized spacial score (nSPS) is 16.1. The number of benzene rings is 2. The minimum Gasteiger partial charge on any atom is -0.503 e. The monoisotopic (exact) mass is 460 g/mol.